The maximum Gasteiger partial charge on any atom is 0.202 e. The van der Waals surface area contributed by atoms with E-state index in [9.17, 15) is 4.79 Å². The minimum Gasteiger partial charge on any atom is -0.472 e. The van der Waals surface area contributed by atoms with Crippen molar-refractivity contribution in [2.24, 2.45) is 0 Å². The highest BCUT2D eigenvalue weighted by Gasteiger charge is 2.11. The molecule has 0 aromatic carbocycles. The molecular weight excluding hydrogens is 180 g/mol. The van der Waals surface area contributed by atoms with Gasteiger partial charge >= 0.3 is 0 Å². The molecule has 2 aromatic heterocycles. The van der Waals surface area contributed by atoms with E-state index in [-0.39, 0.29) is 5.78 Å². The molecule has 0 saturated carbocycles. The van der Waals surface area contributed by atoms with Crippen LogP contribution in [0.2, 0.25) is 0 Å². The summed E-state index contributed by atoms with van der Waals surface area (Å²) < 4.78 is 10.1. The van der Waals surface area contributed by atoms with Crippen molar-refractivity contribution >= 4 is 5.78 Å². The first-order valence-electron chi connectivity index (χ1n) is 4.36. The summed E-state index contributed by atoms with van der Waals surface area (Å²) in [4.78, 5) is 11.6. The summed E-state index contributed by atoms with van der Waals surface area (Å²) in [5.74, 6) is 1.13. The van der Waals surface area contributed by atoms with Crippen molar-refractivity contribution in [2.75, 3.05) is 0 Å². The van der Waals surface area contributed by atoms with E-state index in [1.165, 1.54) is 0 Å². The molecule has 2 heterocycles. The molecule has 0 aliphatic rings. The van der Waals surface area contributed by atoms with Crippen molar-refractivity contribution in [1.29, 1.82) is 0 Å². The summed E-state index contributed by atoms with van der Waals surface area (Å²) in [7, 11) is 0. The van der Waals surface area contributed by atoms with Gasteiger partial charge in [0.15, 0.2) is 5.76 Å². The van der Waals surface area contributed by atoms with Gasteiger partial charge in [-0.3, -0.25) is 4.79 Å². The van der Waals surface area contributed by atoms with E-state index >= 15 is 0 Å². The highest BCUT2D eigenvalue weighted by Crippen LogP contribution is 2.11. The SMILES string of the molecule is Cc1ccc(C(=O)Cc2ccoc2)o1. The molecule has 72 valence electrons. The molecule has 0 saturated heterocycles. The summed E-state index contributed by atoms with van der Waals surface area (Å²) in [5.41, 5.74) is 0.865. The van der Waals surface area contributed by atoms with Crippen molar-refractivity contribution in [3.05, 3.63) is 47.8 Å². The highest BCUT2D eigenvalue weighted by atomic mass is 16.3. The Morgan fingerprint density at radius 3 is 2.79 bits per heavy atom. The zero-order valence-electron chi connectivity index (χ0n) is 7.82. The predicted molar refractivity (Wildman–Crippen MR) is 50.2 cm³/mol. The van der Waals surface area contributed by atoms with Gasteiger partial charge in [0.2, 0.25) is 5.78 Å². The zero-order valence-corrected chi connectivity index (χ0v) is 7.82. The average molecular weight is 190 g/mol. The maximum absolute atomic E-state index is 11.6. The molecule has 0 fully saturated rings. The fourth-order valence-corrected chi connectivity index (χ4v) is 1.25. The van der Waals surface area contributed by atoms with Crippen LogP contribution >= 0.6 is 0 Å². The van der Waals surface area contributed by atoms with Gasteiger partial charge < -0.3 is 8.83 Å². The van der Waals surface area contributed by atoms with Gasteiger partial charge in [0.25, 0.3) is 0 Å². The third-order valence-electron chi connectivity index (χ3n) is 1.96. The number of carbonyl (C=O) groups excluding carboxylic acids is 1. The monoisotopic (exact) mass is 190 g/mol. The number of hydrogen-bond donors (Lipinski definition) is 0. The maximum atomic E-state index is 11.6. The third-order valence-corrected chi connectivity index (χ3v) is 1.96. The lowest BCUT2D eigenvalue weighted by Gasteiger charge is -1.93. The van der Waals surface area contributed by atoms with Gasteiger partial charge in [0.05, 0.1) is 12.5 Å². The summed E-state index contributed by atoms with van der Waals surface area (Å²) in [6.45, 7) is 1.81. The van der Waals surface area contributed by atoms with Gasteiger partial charge in [0.1, 0.15) is 5.76 Å². The van der Waals surface area contributed by atoms with E-state index in [0.717, 1.165) is 11.3 Å². The van der Waals surface area contributed by atoms with Crippen LogP contribution in [0.15, 0.2) is 39.6 Å². The molecule has 0 amide bonds. The Morgan fingerprint density at radius 1 is 1.36 bits per heavy atom. The third kappa shape index (κ3) is 1.76. The first-order valence-corrected chi connectivity index (χ1v) is 4.36. The molecule has 0 radical (unpaired) electrons. The van der Waals surface area contributed by atoms with Crippen LogP contribution in [0.5, 0.6) is 0 Å². The Morgan fingerprint density at radius 2 is 2.21 bits per heavy atom. The van der Waals surface area contributed by atoms with Crippen molar-refractivity contribution in [3.63, 3.8) is 0 Å². The molecule has 2 rings (SSSR count). The fraction of sp³-hybridized carbons (Fsp3) is 0.182. The van der Waals surface area contributed by atoms with E-state index < -0.39 is 0 Å². The number of rotatable bonds is 3. The molecule has 0 spiro atoms. The average Bonchev–Trinajstić information content (AvgIpc) is 2.75. The molecule has 0 N–H and O–H groups in total. The summed E-state index contributed by atoms with van der Waals surface area (Å²) in [6.07, 6.45) is 3.44. The summed E-state index contributed by atoms with van der Waals surface area (Å²) in [6, 6.07) is 5.24. The molecule has 0 atom stereocenters. The Kier molecular flexibility index (Phi) is 2.23. The Labute approximate surface area is 81.3 Å². The van der Waals surface area contributed by atoms with Crippen LogP contribution in [-0.4, -0.2) is 5.78 Å². The van der Waals surface area contributed by atoms with Crippen LogP contribution in [0.3, 0.4) is 0 Å². The highest BCUT2D eigenvalue weighted by molar-refractivity contribution is 5.94. The lowest BCUT2D eigenvalue weighted by Crippen LogP contribution is -2.00. The van der Waals surface area contributed by atoms with Crippen LogP contribution in [0.4, 0.5) is 0 Å². The van der Waals surface area contributed by atoms with E-state index in [2.05, 4.69) is 0 Å². The summed E-state index contributed by atoms with van der Waals surface area (Å²) in [5, 5.41) is 0. The molecule has 0 bridgehead atoms. The number of Topliss-reactive ketones (excluding diaryl/α,β-unsaturated/α-hetero) is 1. The zero-order chi connectivity index (χ0) is 9.97. The van der Waals surface area contributed by atoms with Crippen LogP contribution < -0.4 is 0 Å². The molecule has 0 unspecified atom stereocenters. The topological polar surface area (TPSA) is 43.4 Å². The Hall–Kier alpha value is -1.77. The second-order valence-electron chi connectivity index (χ2n) is 3.14. The molecule has 0 aliphatic heterocycles. The smallest absolute Gasteiger partial charge is 0.202 e. The molecule has 3 heteroatoms. The second-order valence-corrected chi connectivity index (χ2v) is 3.14. The number of ketones is 1. The van der Waals surface area contributed by atoms with Crippen LogP contribution in [-0.2, 0) is 6.42 Å². The van der Waals surface area contributed by atoms with Crippen LogP contribution in [0.1, 0.15) is 21.9 Å². The lowest BCUT2D eigenvalue weighted by molar-refractivity contribution is 0.0965. The molecular formula is C11H10O3. The normalized spacial score (nSPS) is 10.4. The molecule has 14 heavy (non-hydrogen) atoms. The molecule has 0 aliphatic carbocycles. The quantitative estimate of drug-likeness (QED) is 0.698. The van der Waals surface area contributed by atoms with Crippen molar-refractivity contribution in [3.8, 4) is 0 Å². The van der Waals surface area contributed by atoms with Gasteiger partial charge in [0, 0.05) is 6.42 Å². The summed E-state index contributed by atoms with van der Waals surface area (Å²) >= 11 is 0. The van der Waals surface area contributed by atoms with E-state index in [4.69, 9.17) is 8.83 Å². The van der Waals surface area contributed by atoms with E-state index in [0.29, 0.717) is 12.2 Å². The van der Waals surface area contributed by atoms with Gasteiger partial charge in [-0.05, 0) is 30.7 Å². The number of aryl methyl sites for hydroxylation is 1. The standard InChI is InChI=1S/C11H10O3/c1-8-2-3-11(14-8)10(12)6-9-4-5-13-7-9/h2-5,7H,6H2,1H3. The first-order chi connectivity index (χ1) is 6.75. The molecule has 3 nitrogen and oxygen atoms in total. The lowest BCUT2D eigenvalue weighted by atomic mass is 10.1. The largest absolute Gasteiger partial charge is 0.472 e. The van der Waals surface area contributed by atoms with E-state index in [1.54, 1.807) is 30.7 Å². The van der Waals surface area contributed by atoms with Crippen LogP contribution in [0.25, 0.3) is 0 Å². The van der Waals surface area contributed by atoms with Crippen molar-refractivity contribution < 1.29 is 13.6 Å². The predicted octanol–water partition coefficient (Wildman–Crippen LogP) is 2.61. The van der Waals surface area contributed by atoms with Gasteiger partial charge in [-0.2, -0.15) is 0 Å². The van der Waals surface area contributed by atoms with Crippen molar-refractivity contribution in [1.82, 2.24) is 0 Å². The van der Waals surface area contributed by atoms with Gasteiger partial charge in [-0.1, -0.05) is 0 Å². The minimum absolute atomic E-state index is 0.0282. The van der Waals surface area contributed by atoms with Gasteiger partial charge in [-0.25, -0.2) is 0 Å². The Bertz CT molecular complexity index is 423. The van der Waals surface area contributed by atoms with Crippen molar-refractivity contribution in [2.45, 2.75) is 13.3 Å². The van der Waals surface area contributed by atoms with E-state index in [1.807, 2.05) is 6.92 Å². The number of furan rings is 2. The van der Waals surface area contributed by atoms with Gasteiger partial charge in [-0.15, -0.1) is 0 Å². The molecule has 2 aromatic rings. The van der Waals surface area contributed by atoms with Crippen LogP contribution in [0, 0.1) is 6.92 Å². The Balaban J connectivity index is 2.10. The fourth-order valence-electron chi connectivity index (χ4n) is 1.25. The number of carbonyl (C=O) groups is 1. The first kappa shape index (κ1) is 8.81. The number of hydrogen-bond acceptors (Lipinski definition) is 3. The second kappa shape index (κ2) is 3.54. The minimum atomic E-state index is -0.0282.